The van der Waals surface area contributed by atoms with E-state index in [0.717, 1.165) is 66.5 Å². The first-order chi connectivity index (χ1) is 19.3. The molecule has 0 saturated carbocycles. The molecule has 40 heavy (non-hydrogen) atoms. The zero-order valence-electron chi connectivity index (χ0n) is 22.6. The first-order valence-corrected chi connectivity index (χ1v) is 15.5. The number of carbonyl (C=O) groups is 4. The predicted molar refractivity (Wildman–Crippen MR) is 163 cm³/mol. The first-order valence-electron chi connectivity index (χ1n) is 13.5. The second-order valence-corrected chi connectivity index (χ2v) is 12.7. The van der Waals surface area contributed by atoms with Crippen LogP contribution in [0.15, 0.2) is 46.2 Å². The maximum absolute atomic E-state index is 13.5. The number of hydrogen-bond acceptors (Lipinski definition) is 6. The van der Waals surface area contributed by atoms with Gasteiger partial charge in [-0.25, -0.2) is 0 Å². The minimum atomic E-state index is -0.306. The Kier molecular flexibility index (Phi) is 5.67. The first kappa shape index (κ1) is 25.4. The molecular weight excluding hydrogens is 540 g/mol. The molecule has 5 aromatic carbocycles. The van der Waals surface area contributed by atoms with Crippen molar-refractivity contribution >= 4 is 90.2 Å². The van der Waals surface area contributed by atoms with Gasteiger partial charge in [-0.15, -0.1) is 23.5 Å². The zero-order valence-corrected chi connectivity index (χ0v) is 24.3. The molecule has 200 valence electrons. The fourth-order valence-corrected chi connectivity index (χ4v) is 8.25. The average molecular weight is 567 g/mol. The molecule has 0 spiro atoms. The van der Waals surface area contributed by atoms with Crippen LogP contribution in [0.1, 0.15) is 68.1 Å². The van der Waals surface area contributed by atoms with Crippen molar-refractivity contribution in [1.29, 1.82) is 0 Å². The number of nitrogens with zero attached hydrogens (tertiary/aromatic N) is 2. The van der Waals surface area contributed by atoms with E-state index in [9.17, 15) is 19.2 Å². The second-order valence-electron chi connectivity index (χ2n) is 10.5. The van der Waals surface area contributed by atoms with Gasteiger partial charge in [-0.2, -0.15) is 0 Å². The van der Waals surface area contributed by atoms with Gasteiger partial charge in [0.05, 0.1) is 0 Å². The molecule has 0 unspecified atom stereocenters. The molecule has 5 aromatic rings. The number of hydrogen-bond donors (Lipinski definition) is 0. The number of fused-ring (bicyclic) bond motifs is 2. The molecule has 7 rings (SSSR count). The smallest absolute Gasteiger partial charge is 0.261 e. The fourth-order valence-electron chi connectivity index (χ4n) is 6.29. The standard InChI is InChI=1S/C32H26N2O4S2/c1-5-11-39-21-13-19-23-17(29(35)33(3)31(19)37)10-8-16-26-22(40-12-6-2)14-20-24-18(30(36)34(4)32(20)38)9-7-15(28(24)26)25(21)27(16)23/h7-10,13-14H,5-6,11-12H2,1-4H3. The van der Waals surface area contributed by atoms with Crippen molar-refractivity contribution in [2.45, 2.75) is 36.5 Å². The molecule has 0 radical (unpaired) electrons. The Bertz CT molecular complexity index is 1850. The lowest BCUT2D eigenvalue weighted by Crippen LogP contribution is -2.37. The highest BCUT2D eigenvalue weighted by Crippen LogP contribution is 2.51. The third-order valence-corrected chi connectivity index (χ3v) is 10.6. The summed E-state index contributed by atoms with van der Waals surface area (Å²) in [5.74, 6) is 0.526. The molecule has 2 aliphatic rings. The van der Waals surface area contributed by atoms with Crippen LogP contribution in [0.25, 0.3) is 43.1 Å². The number of carbonyl (C=O) groups excluding carboxylic acids is 4. The van der Waals surface area contributed by atoms with Crippen LogP contribution in [-0.4, -0.2) is 59.0 Å². The van der Waals surface area contributed by atoms with Gasteiger partial charge >= 0.3 is 0 Å². The van der Waals surface area contributed by atoms with E-state index in [-0.39, 0.29) is 23.6 Å². The van der Waals surface area contributed by atoms with Crippen molar-refractivity contribution in [3.63, 3.8) is 0 Å². The molecule has 2 aliphatic heterocycles. The molecular formula is C32H26N2O4S2. The molecule has 0 bridgehead atoms. The van der Waals surface area contributed by atoms with E-state index in [4.69, 9.17) is 0 Å². The molecule has 0 aliphatic carbocycles. The Morgan fingerprint density at radius 3 is 1.27 bits per heavy atom. The summed E-state index contributed by atoms with van der Waals surface area (Å²) in [5.41, 5.74) is 2.13. The average Bonchev–Trinajstić information content (AvgIpc) is 2.97. The van der Waals surface area contributed by atoms with E-state index >= 15 is 0 Å². The lowest BCUT2D eigenvalue weighted by atomic mass is 9.82. The summed E-state index contributed by atoms with van der Waals surface area (Å²) in [5, 5.41) is 7.02. The Hall–Kier alpha value is -3.62. The molecule has 0 saturated heterocycles. The van der Waals surface area contributed by atoms with Gasteiger partial charge < -0.3 is 0 Å². The molecule has 0 fully saturated rings. The van der Waals surface area contributed by atoms with E-state index in [1.165, 1.54) is 23.9 Å². The predicted octanol–water partition coefficient (Wildman–Crippen LogP) is 7.19. The maximum atomic E-state index is 13.5. The summed E-state index contributed by atoms with van der Waals surface area (Å²) in [7, 11) is 3.07. The van der Waals surface area contributed by atoms with Gasteiger partial charge in [0.1, 0.15) is 0 Å². The Labute approximate surface area is 239 Å². The molecule has 0 atom stereocenters. The van der Waals surface area contributed by atoms with Crippen LogP contribution >= 0.6 is 23.5 Å². The van der Waals surface area contributed by atoms with Gasteiger partial charge in [-0.1, -0.05) is 26.0 Å². The van der Waals surface area contributed by atoms with Crippen LogP contribution in [0.4, 0.5) is 0 Å². The number of thioether (sulfide) groups is 2. The van der Waals surface area contributed by atoms with Crippen molar-refractivity contribution in [3.05, 3.63) is 58.7 Å². The van der Waals surface area contributed by atoms with Crippen LogP contribution < -0.4 is 0 Å². The van der Waals surface area contributed by atoms with Gasteiger partial charge in [0.2, 0.25) is 0 Å². The van der Waals surface area contributed by atoms with Crippen LogP contribution in [0, 0.1) is 0 Å². The highest BCUT2D eigenvalue weighted by molar-refractivity contribution is 7.99. The van der Waals surface area contributed by atoms with Crippen molar-refractivity contribution in [2.75, 3.05) is 25.6 Å². The summed E-state index contributed by atoms with van der Waals surface area (Å²) < 4.78 is 0. The number of rotatable bonds is 6. The minimum absolute atomic E-state index is 0.296. The van der Waals surface area contributed by atoms with Crippen molar-refractivity contribution < 1.29 is 19.2 Å². The highest BCUT2D eigenvalue weighted by atomic mass is 32.2. The quantitative estimate of drug-likeness (QED) is 0.0937. The fraction of sp³-hybridized carbons (Fsp3) is 0.250. The molecule has 0 aromatic heterocycles. The molecule has 4 amide bonds. The topological polar surface area (TPSA) is 74.8 Å². The third kappa shape index (κ3) is 3.14. The van der Waals surface area contributed by atoms with Gasteiger partial charge in [0, 0.05) is 78.5 Å². The summed E-state index contributed by atoms with van der Waals surface area (Å²) in [6.07, 6.45) is 1.91. The molecule has 2 heterocycles. The molecule has 0 N–H and O–H groups in total. The van der Waals surface area contributed by atoms with Crippen LogP contribution in [0.5, 0.6) is 0 Å². The minimum Gasteiger partial charge on any atom is -0.277 e. The summed E-state index contributed by atoms with van der Waals surface area (Å²) >= 11 is 3.39. The SMILES string of the molecule is CCCSc1cc2c3c(ccc4c5c(SCCC)cc6c7c(ccc(c1c34)c75)C(=O)N(C)C6=O)C(=O)N(C)C2=O. The van der Waals surface area contributed by atoms with E-state index in [1.807, 2.05) is 36.4 Å². The van der Waals surface area contributed by atoms with Crippen molar-refractivity contribution in [2.24, 2.45) is 0 Å². The third-order valence-electron chi connectivity index (χ3n) is 8.10. The van der Waals surface area contributed by atoms with Gasteiger partial charge in [0.25, 0.3) is 23.6 Å². The normalized spacial score (nSPS) is 15.2. The van der Waals surface area contributed by atoms with Gasteiger partial charge in [-0.05, 0) is 59.4 Å². The monoisotopic (exact) mass is 566 g/mol. The lowest BCUT2D eigenvalue weighted by molar-refractivity contribution is 0.0635. The Balaban J connectivity index is 1.78. The van der Waals surface area contributed by atoms with Crippen LogP contribution in [0.2, 0.25) is 0 Å². The Morgan fingerprint density at radius 1 is 0.525 bits per heavy atom. The Morgan fingerprint density at radius 2 is 0.900 bits per heavy atom. The highest BCUT2D eigenvalue weighted by Gasteiger charge is 2.36. The van der Waals surface area contributed by atoms with Crippen LogP contribution in [-0.2, 0) is 0 Å². The van der Waals surface area contributed by atoms with E-state index in [1.54, 1.807) is 23.5 Å². The summed E-state index contributed by atoms with van der Waals surface area (Å²) in [6, 6.07) is 11.5. The van der Waals surface area contributed by atoms with Crippen molar-refractivity contribution in [3.8, 4) is 0 Å². The van der Waals surface area contributed by atoms with Crippen LogP contribution in [0.3, 0.4) is 0 Å². The number of imide groups is 2. The van der Waals surface area contributed by atoms with E-state index in [2.05, 4.69) is 13.8 Å². The maximum Gasteiger partial charge on any atom is 0.261 e. The van der Waals surface area contributed by atoms with Gasteiger partial charge in [-0.3, -0.25) is 29.0 Å². The van der Waals surface area contributed by atoms with E-state index < -0.39 is 0 Å². The largest absolute Gasteiger partial charge is 0.277 e. The van der Waals surface area contributed by atoms with Gasteiger partial charge in [0.15, 0.2) is 0 Å². The summed E-state index contributed by atoms with van der Waals surface area (Å²) in [6.45, 7) is 4.24. The van der Waals surface area contributed by atoms with Crippen molar-refractivity contribution in [1.82, 2.24) is 9.80 Å². The second kappa shape index (κ2) is 8.94. The number of benzene rings is 5. The number of amides is 4. The van der Waals surface area contributed by atoms with E-state index in [0.29, 0.717) is 33.0 Å². The zero-order chi connectivity index (χ0) is 28.0. The molecule has 8 heteroatoms. The molecule has 6 nitrogen and oxygen atoms in total. The lowest BCUT2D eigenvalue weighted by Gasteiger charge is -2.29. The summed E-state index contributed by atoms with van der Waals surface area (Å²) in [4.78, 5) is 57.9.